The first kappa shape index (κ1) is 14.5. The van der Waals surface area contributed by atoms with Gasteiger partial charge in [-0.15, -0.1) is 12.3 Å². The van der Waals surface area contributed by atoms with Crippen LogP contribution in [0.25, 0.3) is 0 Å². The molecular formula is C13H25NO. The van der Waals surface area contributed by atoms with Gasteiger partial charge in [0.15, 0.2) is 0 Å². The summed E-state index contributed by atoms with van der Waals surface area (Å²) in [4.78, 5) is 0. The van der Waals surface area contributed by atoms with Crippen LogP contribution >= 0.6 is 0 Å². The Kier molecular flexibility index (Phi) is 9.67. The average Bonchev–Trinajstić information content (AvgIpc) is 2.25. The predicted octanol–water partition coefficient (Wildman–Crippen LogP) is 2.58. The van der Waals surface area contributed by atoms with Crippen LogP contribution in [0.2, 0.25) is 0 Å². The third kappa shape index (κ3) is 7.41. The van der Waals surface area contributed by atoms with Gasteiger partial charge in [0.05, 0.1) is 6.61 Å². The minimum Gasteiger partial charge on any atom is -0.383 e. The molecule has 2 nitrogen and oxygen atoms in total. The zero-order chi connectivity index (χ0) is 11.5. The van der Waals surface area contributed by atoms with E-state index in [1.54, 1.807) is 7.11 Å². The van der Waals surface area contributed by atoms with Crippen molar-refractivity contribution in [2.45, 2.75) is 58.0 Å². The summed E-state index contributed by atoms with van der Waals surface area (Å²) in [5, 5.41) is 3.57. The molecule has 1 N–H and O–H groups in total. The van der Waals surface area contributed by atoms with Crippen LogP contribution in [0.5, 0.6) is 0 Å². The standard InChI is InChI=1S/C13H25NO/c1-5-8-10-13(11-15-4)14-12(7-3)9-6-2/h2,12-14H,5,7-11H2,1,3-4H3. The number of ether oxygens (including phenoxy) is 1. The molecule has 2 unspecified atom stereocenters. The molecule has 0 aromatic heterocycles. The molecule has 0 saturated heterocycles. The van der Waals surface area contributed by atoms with Gasteiger partial charge < -0.3 is 10.1 Å². The summed E-state index contributed by atoms with van der Waals surface area (Å²) in [6.45, 7) is 5.16. The summed E-state index contributed by atoms with van der Waals surface area (Å²) in [7, 11) is 1.75. The van der Waals surface area contributed by atoms with E-state index in [1.807, 2.05) is 0 Å². The second kappa shape index (κ2) is 10.0. The lowest BCUT2D eigenvalue weighted by Crippen LogP contribution is -2.40. The minimum absolute atomic E-state index is 0.437. The van der Waals surface area contributed by atoms with E-state index < -0.39 is 0 Å². The van der Waals surface area contributed by atoms with E-state index in [0.29, 0.717) is 12.1 Å². The third-order valence-electron chi connectivity index (χ3n) is 2.60. The fourth-order valence-corrected chi connectivity index (χ4v) is 1.66. The monoisotopic (exact) mass is 211 g/mol. The van der Waals surface area contributed by atoms with Crippen LogP contribution in [0.15, 0.2) is 0 Å². The molecule has 0 aliphatic carbocycles. The highest BCUT2D eigenvalue weighted by Gasteiger charge is 2.12. The number of rotatable bonds is 9. The number of hydrogen-bond acceptors (Lipinski definition) is 2. The number of unbranched alkanes of at least 4 members (excludes halogenated alkanes) is 1. The first-order chi connectivity index (χ1) is 7.28. The molecule has 0 spiro atoms. The SMILES string of the molecule is C#CCC(CC)NC(CCCC)COC. The average molecular weight is 211 g/mol. The van der Waals surface area contributed by atoms with E-state index in [2.05, 4.69) is 25.1 Å². The molecule has 2 atom stereocenters. The highest BCUT2D eigenvalue weighted by molar-refractivity contribution is 4.90. The van der Waals surface area contributed by atoms with Crippen molar-refractivity contribution in [3.63, 3.8) is 0 Å². The molecule has 88 valence electrons. The lowest BCUT2D eigenvalue weighted by molar-refractivity contribution is 0.154. The Bertz CT molecular complexity index is 174. The van der Waals surface area contributed by atoms with Crippen LogP contribution in [0.4, 0.5) is 0 Å². The minimum atomic E-state index is 0.437. The molecule has 0 bridgehead atoms. The van der Waals surface area contributed by atoms with Crippen molar-refractivity contribution in [1.29, 1.82) is 0 Å². The molecule has 0 aliphatic rings. The number of hydrogen-bond donors (Lipinski definition) is 1. The first-order valence-electron chi connectivity index (χ1n) is 5.96. The van der Waals surface area contributed by atoms with Gasteiger partial charge in [-0.2, -0.15) is 0 Å². The Morgan fingerprint density at radius 3 is 2.53 bits per heavy atom. The maximum absolute atomic E-state index is 5.33. The van der Waals surface area contributed by atoms with E-state index in [-0.39, 0.29) is 0 Å². The Morgan fingerprint density at radius 2 is 2.07 bits per heavy atom. The summed E-state index contributed by atoms with van der Waals surface area (Å²) < 4.78 is 5.21. The normalized spacial score (nSPS) is 14.5. The van der Waals surface area contributed by atoms with Gasteiger partial charge in [0.2, 0.25) is 0 Å². The Labute approximate surface area is 94.8 Å². The van der Waals surface area contributed by atoms with Crippen molar-refractivity contribution >= 4 is 0 Å². The summed E-state index contributed by atoms with van der Waals surface area (Å²) >= 11 is 0. The number of nitrogens with one attached hydrogen (secondary N) is 1. The van der Waals surface area contributed by atoms with Crippen molar-refractivity contribution in [3.8, 4) is 12.3 Å². The summed E-state index contributed by atoms with van der Waals surface area (Å²) in [5.74, 6) is 2.72. The largest absolute Gasteiger partial charge is 0.383 e. The maximum Gasteiger partial charge on any atom is 0.0615 e. The second-order valence-corrected chi connectivity index (χ2v) is 3.97. The molecule has 0 saturated carbocycles. The highest BCUT2D eigenvalue weighted by Crippen LogP contribution is 2.05. The van der Waals surface area contributed by atoms with Gasteiger partial charge in [-0.25, -0.2) is 0 Å². The van der Waals surface area contributed by atoms with Gasteiger partial charge >= 0.3 is 0 Å². The zero-order valence-electron chi connectivity index (χ0n) is 10.4. The van der Waals surface area contributed by atoms with Crippen molar-refractivity contribution in [2.24, 2.45) is 0 Å². The van der Waals surface area contributed by atoms with Gasteiger partial charge in [-0.1, -0.05) is 26.7 Å². The fourth-order valence-electron chi connectivity index (χ4n) is 1.66. The van der Waals surface area contributed by atoms with Crippen molar-refractivity contribution in [1.82, 2.24) is 5.32 Å². The van der Waals surface area contributed by atoms with Crippen molar-refractivity contribution in [2.75, 3.05) is 13.7 Å². The van der Waals surface area contributed by atoms with E-state index in [9.17, 15) is 0 Å². The van der Waals surface area contributed by atoms with Crippen LogP contribution in [0.3, 0.4) is 0 Å². The summed E-state index contributed by atoms with van der Waals surface area (Å²) in [6.07, 6.45) is 10.9. The molecule has 15 heavy (non-hydrogen) atoms. The molecule has 0 aromatic rings. The highest BCUT2D eigenvalue weighted by atomic mass is 16.5. The topological polar surface area (TPSA) is 21.3 Å². The first-order valence-corrected chi connectivity index (χ1v) is 5.96. The van der Waals surface area contributed by atoms with Crippen molar-refractivity contribution < 1.29 is 4.74 Å². The van der Waals surface area contributed by atoms with Crippen LogP contribution < -0.4 is 5.32 Å². The van der Waals surface area contributed by atoms with Gasteiger partial charge in [0.1, 0.15) is 0 Å². The van der Waals surface area contributed by atoms with Gasteiger partial charge in [0, 0.05) is 25.6 Å². The zero-order valence-corrected chi connectivity index (χ0v) is 10.4. The Morgan fingerprint density at radius 1 is 1.33 bits per heavy atom. The smallest absolute Gasteiger partial charge is 0.0615 e. The van der Waals surface area contributed by atoms with Crippen molar-refractivity contribution in [3.05, 3.63) is 0 Å². The molecule has 0 aliphatic heterocycles. The van der Waals surface area contributed by atoms with E-state index >= 15 is 0 Å². The van der Waals surface area contributed by atoms with Crippen LogP contribution in [-0.2, 0) is 4.74 Å². The lowest BCUT2D eigenvalue weighted by Gasteiger charge is -2.23. The molecular weight excluding hydrogens is 186 g/mol. The number of methoxy groups -OCH3 is 1. The Balaban J connectivity index is 3.94. The summed E-state index contributed by atoms with van der Waals surface area (Å²) in [5.41, 5.74) is 0. The lowest BCUT2D eigenvalue weighted by atomic mass is 10.1. The number of terminal acetylenes is 1. The molecule has 2 heteroatoms. The van der Waals surface area contributed by atoms with Crippen LogP contribution in [0.1, 0.15) is 46.0 Å². The third-order valence-corrected chi connectivity index (χ3v) is 2.60. The predicted molar refractivity (Wildman–Crippen MR) is 65.9 cm³/mol. The molecule has 0 radical (unpaired) electrons. The molecule has 0 aromatic carbocycles. The second-order valence-electron chi connectivity index (χ2n) is 3.97. The molecule has 0 rings (SSSR count). The Hall–Kier alpha value is -0.520. The molecule has 0 heterocycles. The maximum atomic E-state index is 5.33. The van der Waals surface area contributed by atoms with Gasteiger partial charge in [-0.05, 0) is 12.8 Å². The quantitative estimate of drug-likeness (QED) is 0.592. The van der Waals surface area contributed by atoms with Crippen LogP contribution in [0, 0.1) is 12.3 Å². The van der Waals surface area contributed by atoms with Gasteiger partial charge in [-0.3, -0.25) is 0 Å². The van der Waals surface area contributed by atoms with E-state index in [4.69, 9.17) is 11.2 Å². The van der Waals surface area contributed by atoms with Gasteiger partial charge in [0.25, 0.3) is 0 Å². The summed E-state index contributed by atoms with van der Waals surface area (Å²) in [6, 6.07) is 0.889. The molecule has 0 fully saturated rings. The molecule has 0 amide bonds. The van der Waals surface area contributed by atoms with E-state index in [0.717, 1.165) is 19.4 Å². The van der Waals surface area contributed by atoms with Crippen LogP contribution in [-0.4, -0.2) is 25.8 Å². The van der Waals surface area contributed by atoms with E-state index in [1.165, 1.54) is 19.3 Å². The fraction of sp³-hybridized carbons (Fsp3) is 0.846.